The molecule has 30 heavy (non-hydrogen) atoms. The molecule has 0 bridgehead atoms. The Kier molecular flexibility index (Phi) is 8.87. The van der Waals surface area contributed by atoms with E-state index in [2.05, 4.69) is 75.4 Å². The fourth-order valence-corrected chi connectivity index (χ4v) is 4.79. The lowest BCUT2D eigenvalue weighted by molar-refractivity contribution is 0.463. The van der Waals surface area contributed by atoms with E-state index in [0.717, 1.165) is 57.8 Å². The van der Waals surface area contributed by atoms with E-state index >= 15 is 0 Å². The van der Waals surface area contributed by atoms with Crippen LogP contribution in [0.2, 0.25) is 0 Å². The minimum Gasteiger partial charge on any atom is -0.363 e. The number of hydrogen-bond donors (Lipinski definition) is 3. The van der Waals surface area contributed by atoms with Crippen molar-refractivity contribution in [2.75, 3.05) is 31.1 Å². The molecule has 1 aliphatic rings. The van der Waals surface area contributed by atoms with Crippen molar-refractivity contribution >= 4 is 57.2 Å². The van der Waals surface area contributed by atoms with Gasteiger partial charge in [0.25, 0.3) is 0 Å². The van der Waals surface area contributed by atoms with Crippen LogP contribution < -0.4 is 15.5 Å². The molecule has 0 aliphatic carbocycles. The van der Waals surface area contributed by atoms with Crippen LogP contribution in [0.15, 0.2) is 53.0 Å². The molecule has 1 saturated heterocycles. The Morgan fingerprint density at radius 3 is 2.80 bits per heavy atom. The van der Waals surface area contributed by atoms with Crippen LogP contribution in [0.4, 0.5) is 5.00 Å². The molecule has 0 unspecified atom stereocenters. The van der Waals surface area contributed by atoms with Crippen molar-refractivity contribution in [1.29, 1.82) is 0 Å². The molecule has 3 heterocycles. The number of nitrogens with one attached hydrogen (secondary N) is 3. The maximum Gasteiger partial charge on any atom is 0.191 e. The van der Waals surface area contributed by atoms with E-state index in [0.29, 0.717) is 6.04 Å². The second kappa shape index (κ2) is 11.6. The summed E-state index contributed by atoms with van der Waals surface area (Å²) in [6, 6.07) is 13.4. The predicted octanol–water partition coefficient (Wildman–Crippen LogP) is 5.00. The van der Waals surface area contributed by atoms with E-state index in [1.807, 2.05) is 11.3 Å². The second-order valence-corrected chi connectivity index (χ2v) is 8.51. The zero-order chi connectivity index (χ0) is 19.9. The van der Waals surface area contributed by atoms with Crippen LogP contribution in [0.1, 0.15) is 31.7 Å². The molecule has 1 aromatic carbocycles. The minimum atomic E-state index is 0. The Bertz CT molecular complexity index is 913. The summed E-state index contributed by atoms with van der Waals surface area (Å²) < 4.78 is 0. The second-order valence-electron chi connectivity index (χ2n) is 7.58. The Morgan fingerprint density at radius 1 is 1.20 bits per heavy atom. The maximum atomic E-state index is 4.83. The van der Waals surface area contributed by atoms with Gasteiger partial charge in [-0.05, 0) is 61.7 Å². The number of para-hydroxylation sites is 1. The van der Waals surface area contributed by atoms with Gasteiger partial charge in [0.05, 0.1) is 5.00 Å². The van der Waals surface area contributed by atoms with E-state index in [4.69, 9.17) is 4.99 Å². The number of thiophene rings is 1. The molecule has 7 heteroatoms. The number of fused-ring (bicyclic) bond motifs is 1. The van der Waals surface area contributed by atoms with Crippen LogP contribution in [0.5, 0.6) is 0 Å². The van der Waals surface area contributed by atoms with Gasteiger partial charge in [0.15, 0.2) is 5.96 Å². The summed E-state index contributed by atoms with van der Waals surface area (Å²) in [5.74, 6) is 0.959. The molecule has 5 nitrogen and oxygen atoms in total. The van der Waals surface area contributed by atoms with E-state index in [1.165, 1.54) is 21.5 Å². The van der Waals surface area contributed by atoms with Crippen molar-refractivity contribution in [3.05, 3.63) is 53.5 Å². The largest absolute Gasteiger partial charge is 0.363 e. The lowest BCUT2D eigenvalue weighted by atomic mass is 10.1. The number of nitrogens with zero attached hydrogens (tertiary/aromatic N) is 2. The Hall–Kier alpha value is -1.74. The number of guanidine groups is 1. The molecule has 3 N–H and O–H groups in total. The van der Waals surface area contributed by atoms with E-state index < -0.39 is 0 Å². The van der Waals surface area contributed by atoms with Crippen molar-refractivity contribution in [2.45, 2.75) is 38.6 Å². The normalized spacial score (nSPS) is 15.2. The van der Waals surface area contributed by atoms with Crippen molar-refractivity contribution in [3.63, 3.8) is 0 Å². The zero-order valence-corrected chi connectivity index (χ0v) is 20.7. The summed E-state index contributed by atoms with van der Waals surface area (Å²) in [6.07, 6.45) is 6.54. The molecule has 0 spiro atoms. The standard InChI is InChI=1S/C23H31N5S.HI/c1-2-24-23(27-19-11-14-28(15-12-19)22-10-6-16-29-22)25-13-5-7-18-17-26-21-9-4-3-8-20(18)21;/h3-4,6,8-10,16-17,19,26H,2,5,7,11-15H2,1H3,(H2,24,25,27);1H. The molecular formula is C23H32IN5S. The fraction of sp³-hybridized carbons (Fsp3) is 0.435. The average Bonchev–Trinajstić information content (AvgIpc) is 3.42. The van der Waals surface area contributed by atoms with Gasteiger partial charge in [-0.2, -0.15) is 0 Å². The number of aliphatic imine (C=N–C) groups is 1. The lowest BCUT2D eigenvalue weighted by Gasteiger charge is -2.33. The number of aromatic amines is 1. The highest BCUT2D eigenvalue weighted by Gasteiger charge is 2.20. The van der Waals surface area contributed by atoms with E-state index in [9.17, 15) is 0 Å². The first-order valence-electron chi connectivity index (χ1n) is 10.7. The zero-order valence-electron chi connectivity index (χ0n) is 17.6. The smallest absolute Gasteiger partial charge is 0.191 e. The SMILES string of the molecule is CCNC(=NCCCc1c[nH]c2ccccc12)NC1CCN(c2cccs2)CC1.I. The summed E-state index contributed by atoms with van der Waals surface area (Å²) in [6.45, 7) is 6.07. The van der Waals surface area contributed by atoms with Crippen LogP contribution in [0.25, 0.3) is 10.9 Å². The monoisotopic (exact) mass is 537 g/mol. The van der Waals surface area contributed by atoms with Crippen LogP contribution in [0.3, 0.4) is 0 Å². The molecule has 2 aromatic heterocycles. The molecule has 1 aliphatic heterocycles. The highest BCUT2D eigenvalue weighted by molar-refractivity contribution is 14.0. The number of H-pyrrole nitrogens is 1. The highest BCUT2D eigenvalue weighted by atomic mass is 127. The van der Waals surface area contributed by atoms with Crippen LogP contribution >= 0.6 is 35.3 Å². The average molecular weight is 538 g/mol. The van der Waals surface area contributed by atoms with Gasteiger partial charge in [-0.3, -0.25) is 4.99 Å². The summed E-state index contributed by atoms with van der Waals surface area (Å²) in [5, 5.41) is 11.9. The predicted molar refractivity (Wildman–Crippen MR) is 141 cm³/mol. The summed E-state index contributed by atoms with van der Waals surface area (Å²) in [7, 11) is 0. The van der Waals surface area contributed by atoms with Gasteiger partial charge in [-0.1, -0.05) is 18.2 Å². The Labute approximate surface area is 200 Å². The number of benzene rings is 1. The van der Waals surface area contributed by atoms with Gasteiger partial charge in [0.2, 0.25) is 0 Å². The van der Waals surface area contributed by atoms with Gasteiger partial charge in [-0.25, -0.2) is 0 Å². The highest BCUT2D eigenvalue weighted by Crippen LogP contribution is 2.24. The number of halogens is 1. The first-order valence-corrected chi connectivity index (χ1v) is 11.6. The lowest BCUT2D eigenvalue weighted by Crippen LogP contribution is -2.48. The number of anilines is 1. The summed E-state index contributed by atoms with van der Waals surface area (Å²) in [4.78, 5) is 10.7. The molecule has 0 radical (unpaired) electrons. The van der Waals surface area contributed by atoms with Crippen molar-refractivity contribution in [1.82, 2.24) is 15.6 Å². The minimum absolute atomic E-state index is 0. The molecule has 4 rings (SSSR count). The Balaban J connectivity index is 0.00000256. The molecule has 0 atom stereocenters. The number of aromatic nitrogens is 1. The third kappa shape index (κ3) is 5.91. The molecule has 0 saturated carbocycles. The Morgan fingerprint density at radius 2 is 2.03 bits per heavy atom. The molecule has 162 valence electrons. The maximum absolute atomic E-state index is 4.83. The van der Waals surface area contributed by atoms with E-state index in [-0.39, 0.29) is 24.0 Å². The first-order chi connectivity index (χ1) is 14.3. The quantitative estimate of drug-likeness (QED) is 0.172. The third-order valence-electron chi connectivity index (χ3n) is 5.55. The number of rotatable bonds is 7. The van der Waals surface area contributed by atoms with E-state index in [1.54, 1.807) is 0 Å². The summed E-state index contributed by atoms with van der Waals surface area (Å²) in [5.41, 5.74) is 2.60. The fourth-order valence-electron chi connectivity index (χ4n) is 4.01. The van der Waals surface area contributed by atoms with Crippen molar-refractivity contribution < 1.29 is 0 Å². The van der Waals surface area contributed by atoms with Crippen molar-refractivity contribution in [3.8, 4) is 0 Å². The first kappa shape index (κ1) is 22.9. The van der Waals surface area contributed by atoms with Gasteiger partial charge >= 0.3 is 0 Å². The number of piperidine rings is 1. The van der Waals surface area contributed by atoms with Crippen LogP contribution in [0, 0.1) is 0 Å². The topological polar surface area (TPSA) is 55.5 Å². The molecule has 0 amide bonds. The van der Waals surface area contributed by atoms with Gasteiger partial charge in [0.1, 0.15) is 0 Å². The molecule has 3 aromatic rings. The summed E-state index contributed by atoms with van der Waals surface area (Å²) >= 11 is 1.83. The van der Waals surface area contributed by atoms with Crippen LogP contribution in [-0.2, 0) is 6.42 Å². The molecule has 1 fully saturated rings. The van der Waals surface area contributed by atoms with Crippen molar-refractivity contribution in [2.24, 2.45) is 4.99 Å². The van der Waals surface area contributed by atoms with Gasteiger partial charge < -0.3 is 20.5 Å². The van der Waals surface area contributed by atoms with Crippen LogP contribution in [-0.4, -0.2) is 43.2 Å². The number of hydrogen-bond acceptors (Lipinski definition) is 3. The third-order valence-corrected chi connectivity index (χ3v) is 6.48. The number of aryl methyl sites for hydroxylation is 1. The van der Waals surface area contributed by atoms with Gasteiger partial charge in [0, 0.05) is 49.3 Å². The molecular weight excluding hydrogens is 505 g/mol. The van der Waals surface area contributed by atoms with Gasteiger partial charge in [-0.15, -0.1) is 35.3 Å².